The predicted molar refractivity (Wildman–Crippen MR) is 133 cm³/mol. The van der Waals surface area contributed by atoms with Crippen LogP contribution >= 0.6 is 0 Å². The molecule has 0 aliphatic heterocycles. The standard InChI is InChI=1S/C26H40N2O3S/c1-18(2)22-16-23(19(3)4)26(24(17-22)20(5)6)32(30,31)28-15-14-27-25(29)13-12-21-10-8-7-9-11-21/h7-8,11,16-20,28H,9-10,12-15H2,1-6H3,(H,27,29). The molecule has 1 aromatic carbocycles. The third-order valence-corrected chi connectivity index (χ3v) is 7.44. The second kappa shape index (κ2) is 11.8. The molecule has 1 aliphatic carbocycles. The van der Waals surface area contributed by atoms with Gasteiger partial charge in [0.15, 0.2) is 0 Å². The van der Waals surface area contributed by atoms with Gasteiger partial charge >= 0.3 is 0 Å². The maximum Gasteiger partial charge on any atom is 0.241 e. The number of carbonyl (C=O) groups is 1. The van der Waals surface area contributed by atoms with Crippen LogP contribution in [0.4, 0.5) is 0 Å². The van der Waals surface area contributed by atoms with Crippen molar-refractivity contribution < 1.29 is 13.2 Å². The summed E-state index contributed by atoms with van der Waals surface area (Å²) >= 11 is 0. The van der Waals surface area contributed by atoms with Gasteiger partial charge in [0.25, 0.3) is 0 Å². The second-order valence-electron chi connectivity index (χ2n) is 9.51. The van der Waals surface area contributed by atoms with Gasteiger partial charge in [0, 0.05) is 19.5 Å². The van der Waals surface area contributed by atoms with Gasteiger partial charge in [0.2, 0.25) is 15.9 Å². The third kappa shape index (κ3) is 7.31. The summed E-state index contributed by atoms with van der Waals surface area (Å²) in [5.74, 6) is 0.444. The van der Waals surface area contributed by atoms with Crippen molar-refractivity contribution in [3.8, 4) is 0 Å². The molecule has 0 unspecified atom stereocenters. The molecular formula is C26H40N2O3S. The normalized spacial score (nSPS) is 14.3. The van der Waals surface area contributed by atoms with Gasteiger partial charge in [0.05, 0.1) is 4.90 Å². The monoisotopic (exact) mass is 460 g/mol. The summed E-state index contributed by atoms with van der Waals surface area (Å²) in [5, 5.41) is 2.83. The molecule has 0 radical (unpaired) electrons. The molecule has 32 heavy (non-hydrogen) atoms. The number of nitrogens with one attached hydrogen (secondary N) is 2. The van der Waals surface area contributed by atoms with Crippen LogP contribution in [-0.2, 0) is 14.8 Å². The number of carbonyl (C=O) groups excluding carboxylic acids is 1. The summed E-state index contributed by atoms with van der Waals surface area (Å²) in [6.45, 7) is 12.8. The number of allylic oxidation sites excluding steroid dienone is 4. The minimum atomic E-state index is -3.70. The van der Waals surface area contributed by atoms with Crippen molar-refractivity contribution >= 4 is 15.9 Å². The van der Waals surface area contributed by atoms with E-state index in [4.69, 9.17) is 0 Å². The maximum atomic E-state index is 13.3. The molecule has 0 saturated carbocycles. The molecule has 5 nitrogen and oxygen atoms in total. The number of sulfonamides is 1. The minimum absolute atomic E-state index is 0.0494. The van der Waals surface area contributed by atoms with E-state index in [0.717, 1.165) is 36.0 Å². The fourth-order valence-electron chi connectivity index (χ4n) is 3.87. The molecule has 0 aromatic heterocycles. The molecule has 0 atom stereocenters. The van der Waals surface area contributed by atoms with Crippen molar-refractivity contribution in [3.05, 3.63) is 52.6 Å². The van der Waals surface area contributed by atoms with Crippen molar-refractivity contribution in [2.45, 2.75) is 89.9 Å². The van der Waals surface area contributed by atoms with E-state index in [1.807, 2.05) is 39.8 Å². The first-order valence-corrected chi connectivity index (χ1v) is 13.3. The fraction of sp³-hybridized carbons (Fsp3) is 0.577. The van der Waals surface area contributed by atoms with Crippen molar-refractivity contribution in [2.75, 3.05) is 13.1 Å². The van der Waals surface area contributed by atoms with Crippen LogP contribution < -0.4 is 10.0 Å². The fourth-order valence-corrected chi connectivity index (χ4v) is 5.60. The highest BCUT2D eigenvalue weighted by Crippen LogP contribution is 2.34. The summed E-state index contributed by atoms with van der Waals surface area (Å²) in [4.78, 5) is 12.5. The molecule has 0 bridgehead atoms. The highest BCUT2D eigenvalue weighted by atomic mass is 32.2. The summed E-state index contributed by atoms with van der Waals surface area (Å²) in [6.07, 6.45) is 9.46. The Hall–Kier alpha value is -1.92. The Bertz CT molecular complexity index is 928. The van der Waals surface area contributed by atoms with Crippen molar-refractivity contribution in [2.24, 2.45) is 0 Å². The smallest absolute Gasteiger partial charge is 0.241 e. The van der Waals surface area contributed by atoms with Crippen molar-refractivity contribution in [1.82, 2.24) is 10.0 Å². The van der Waals surface area contributed by atoms with Crippen LogP contribution in [0.2, 0.25) is 0 Å². The van der Waals surface area contributed by atoms with Crippen LogP contribution in [0.1, 0.15) is 102 Å². The van der Waals surface area contributed by atoms with E-state index in [1.165, 1.54) is 5.57 Å². The Kier molecular flexibility index (Phi) is 9.71. The minimum Gasteiger partial charge on any atom is -0.355 e. The number of benzene rings is 1. The van der Waals surface area contributed by atoms with Gasteiger partial charge in [-0.05, 0) is 53.7 Å². The van der Waals surface area contributed by atoms with Gasteiger partial charge < -0.3 is 5.32 Å². The molecule has 0 spiro atoms. The largest absolute Gasteiger partial charge is 0.355 e. The van der Waals surface area contributed by atoms with Gasteiger partial charge in [0.1, 0.15) is 0 Å². The number of rotatable bonds is 11. The average Bonchev–Trinajstić information content (AvgIpc) is 2.74. The van der Waals surface area contributed by atoms with E-state index in [9.17, 15) is 13.2 Å². The van der Waals surface area contributed by atoms with E-state index in [2.05, 4.69) is 42.1 Å². The molecular weight excluding hydrogens is 420 g/mol. The van der Waals surface area contributed by atoms with Crippen LogP contribution in [0.3, 0.4) is 0 Å². The number of hydrogen-bond donors (Lipinski definition) is 2. The predicted octanol–water partition coefficient (Wildman–Crippen LogP) is 5.51. The second-order valence-corrected chi connectivity index (χ2v) is 11.2. The maximum absolute atomic E-state index is 13.3. The van der Waals surface area contributed by atoms with Crippen LogP contribution in [-0.4, -0.2) is 27.4 Å². The zero-order valence-corrected chi connectivity index (χ0v) is 21.3. The van der Waals surface area contributed by atoms with Gasteiger partial charge in [-0.3, -0.25) is 4.79 Å². The average molecular weight is 461 g/mol. The van der Waals surface area contributed by atoms with Crippen molar-refractivity contribution in [1.29, 1.82) is 0 Å². The van der Waals surface area contributed by atoms with Gasteiger partial charge in [-0.15, -0.1) is 0 Å². The van der Waals surface area contributed by atoms with Crippen LogP contribution in [0.15, 0.2) is 40.8 Å². The third-order valence-electron chi connectivity index (χ3n) is 5.85. The Morgan fingerprint density at radius 1 is 0.938 bits per heavy atom. The molecule has 0 saturated heterocycles. The number of hydrogen-bond acceptors (Lipinski definition) is 3. The van der Waals surface area contributed by atoms with E-state index in [1.54, 1.807) is 0 Å². The van der Waals surface area contributed by atoms with Crippen molar-refractivity contribution in [3.63, 3.8) is 0 Å². The zero-order chi connectivity index (χ0) is 23.9. The van der Waals surface area contributed by atoms with E-state index in [-0.39, 0.29) is 30.8 Å². The van der Waals surface area contributed by atoms with Crippen LogP contribution in [0.5, 0.6) is 0 Å². The lowest BCUT2D eigenvalue weighted by atomic mass is 9.89. The molecule has 1 aromatic rings. The van der Waals surface area contributed by atoms with Gasteiger partial charge in [-0.1, -0.05) is 77.5 Å². The van der Waals surface area contributed by atoms with Gasteiger partial charge in [-0.2, -0.15) is 0 Å². The van der Waals surface area contributed by atoms with Crippen LogP contribution in [0, 0.1) is 0 Å². The Balaban J connectivity index is 2.04. The van der Waals surface area contributed by atoms with Gasteiger partial charge in [-0.25, -0.2) is 13.1 Å². The lowest BCUT2D eigenvalue weighted by Crippen LogP contribution is -2.35. The van der Waals surface area contributed by atoms with Crippen LogP contribution in [0.25, 0.3) is 0 Å². The summed E-state index contributed by atoms with van der Waals surface area (Å²) in [6, 6.07) is 4.07. The molecule has 2 N–H and O–H groups in total. The highest BCUT2D eigenvalue weighted by Gasteiger charge is 2.26. The first kappa shape index (κ1) is 26.3. The lowest BCUT2D eigenvalue weighted by Gasteiger charge is -2.23. The highest BCUT2D eigenvalue weighted by molar-refractivity contribution is 7.89. The number of amides is 1. The van der Waals surface area contributed by atoms with E-state index < -0.39 is 10.0 Å². The quantitative estimate of drug-likeness (QED) is 0.338. The molecule has 2 rings (SSSR count). The Morgan fingerprint density at radius 3 is 2.06 bits per heavy atom. The first-order valence-electron chi connectivity index (χ1n) is 11.8. The molecule has 0 heterocycles. The molecule has 1 aliphatic rings. The topological polar surface area (TPSA) is 75.3 Å². The SMILES string of the molecule is CC(C)c1cc(C(C)C)c(S(=O)(=O)NCCNC(=O)CCC2=CCC=CC2)c(C(C)C)c1. The molecule has 1 amide bonds. The molecule has 178 valence electrons. The molecule has 0 fully saturated rings. The lowest BCUT2D eigenvalue weighted by molar-refractivity contribution is -0.121. The van der Waals surface area contributed by atoms with E-state index >= 15 is 0 Å². The zero-order valence-electron chi connectivity index (χ0n) is 20.5. The summed E-state index contributed by atoms with van der Waals surface area (Å²) < 4.78 is 29.3. The summed E-state index contributed by atoms with van der Waals surface area (Å²) in [7, 11) is -3.70. The van der Waals surface area contributed by atoms with E-state index in [0.29, 0.717) is 17.2 Å². The molecule has 6 heteroatoms. The first-order chi connectivity index (χ1) is 15.0. The Morgan fingerprint density at radius 2 is 1.56 bits per heavy atom. The summed E-state index contributed by atoms with van der Waals surface area (Å²) in [5.41, 5.74) is 4.15. The Labute approximate surface area is 194 Å².